The lowest BCUT2D eigenvalue weighted by molar-refractivity contribution is -0.130. The number of piperidine rings is 1. The molecule has 2 rings (SSSR count). The number of rotatable bonds is 3. The first-order chi connectivity index (χ1) is 9.99. The van der Waals surface area contributed by atoms with E-state index < -0.39 is 16.6 Å². The van der Waals surface area contributed by atoms with Crippen LogP contribution in [0.15, 0.2) is 24.3 Å². The lowest BCUT2D eigenvalue weighted by atomic mass is 10.0. The van der Waals surface area contributed by atoms with Crippen LogP contribution in [0.5, 0.6) is 0 Å². The molecule has 1 aromatic carbocycles. The monoisotopic (exact) mass is 332 g/mol. The van der Waals surface area contributed by atoms with Gasteiger partial charge in [-0.3, -0.25) is 9.59 Å². The Labute approximate surface area is 132 Å². The Morgan fingerprint density at radius 2 is 1.86 bits per heavy atom. The van der Waals surface area contributed by atoms with Crippen LogP contribution < -0.4 is 5.32 Å². The fraction of sp³-hybridized carbons (Fsp3) is 0.429. The zero-order valence-electron chi connectivity index (χ0n) is 11.2. The number of likely N-dealkylation sites (tertiary alicyclic amines) is 1. The number of nitrogens with zero attached hydrogens (tertiary/aromatic N) is 1. The summed E-state index contributed by atoms with van der Waals surface area (Å²) in [6.07, 6.45) is 1.18. The van der Waals surface area contributed by atoms with Crippen molar-refractivity contribution in [2.75, 3.05) is 13.1 Å². The Morgan fingerprint density at radius 1 is 1.24 bits per heavy atom. The summed E-state index contributed by atoms with van der Waals surface area (Å²) in [7, 11) is 0. The normalized spacial score (nSPS) is 16.1. The third-order valence-electron chi connectivity index (χ3n) is 3.45. The van der Waals surface area contributed by atoms with Crippen LogP contribution in [0.1, 0.15) is 23.2 Å². The Hall–Kier alpha value is -1.33. The van der Waals surface area contributed by atoms with E-state index in [1.54, 1.807) is 11.0 Å². The van der Waals surface area contributed by atoms with Crippen molar-refractivity contribution in [2.45, 2.75) is 23.7 Å². The highest BCUT2D eigenvalue weighted by molar-refractivity contribution is 6.53. The van der Waals surface area contributed by atoms with E-state index >= 15 is 0 Å². The van der Waals surface area contributed by atoms with E-state index in [4.69, 9.17) is 23.2 Å². The minimum absolute atomic E-state index is 0.0255. The van der Waals surface area contributed by atoms with Crippen LogP contribution in [0.25, 0.3) is 0 Å². The molecule has 7 heteroatoms. The molecule has 1 saturated heterocycles. The minimum Gasteiger partial charge on any atom is -0.349 e. The number of carbonyl (C=O) groups is 2. The Kier molecular flexibility index (Phi) is 5.42. The number of amides is 2. The first kappa shape index (κ1) is 16.0. The predicted molar refractivity (Wildman–Crippen MR) is 79.0 cm³/mol. The molecule has 2 amide bonds. The van der Waals surface area contributed by atoms with Crippen LogP contribution in [0.4, 0.5) is 4.39 Å². The van der Waals surface area contributed by atoms with Crippen molar-refractivity contribution in [3.8, 4) is 0 Å². The van der Waals surface area contributed by atoms with Crippen molar-refractivity contribution in [1.82, 2.24) is 10.2 Å². The largest absolute Gasteiger partial charge is 0.349 e. The van der Waals surface area contributed by atoms with Gasteiger partial charge in [0.05, 0.1) is 5.56 Å². The van der Waals surface area contributed by atoms with E-state index in [0.717, 1.165) is 0 Å². The second-order valence-electron chi connectivity index (χ2n) is 4.85. The van der Waals surface area contributed by atoms with Crippen LogP contribution >= 0.6 is 23.2 Å². The molecule has 4 nitrogen and oxygen atoms in total. The standard InChI is InChI=1S/C14H15Cl2FN2O2/c15-12(16)14(21)19-7-5-9(6-8-19)18-13(20)10-3-1-2-4-11(10)17/h1-4,9,12H,5-8H2,(H,18,20). The molecule has 1 fully saturated rings. The highest BCUT2D eigenvalue weighted by Gasteiger charge is 2.27. The van der Waals surface area contributed by atoms with E-state index in [2.05, 4.69) is 5.32 Å². The van der Waals surface area contributed by atoms with Crippen molar-refractivity contribution in [1.29, 1.82) is 0 Å². The van der Waals surface area contributed by atoms with Gasteiger partial charge in [-0.05, 0) is 25.0 Å². The van der Waals surface area contributed by atoms with E-state index in [1.165, 1.54) is 18.2 Å². The van der Waals surface area contributed by atoms with Crippen molar-refractivity contribution in [3.63, 3.8) is 0 Å². The van der Waals surface area contributed by atoms with Gasteiger partial charge in [0.25, 0.3) is 11.8 Å². The van der Waals surface area contributed by atoms with Gasteiger partial charge >= 0.3 is 0 Å². The zero-order chi connectivity index (χ0) is 15.4. The third-order valence-corrected chi connectivity index (χ3v) is 3.82. The second kappa shape index (κ2) is 7.09. The van der Waals surface area contributed by atoms with E-state index in [0.29, 0.717) is 25.9 Å². The van der Waals surface area contributed by atoms with Gasteiger partial charge in [0.1, 0.15) is 5.82 Å². The molecule has 0 bridgehead atoms. The summed E-state index contributed by atoms with van der Waals surface area (Å²) in [5.41, 5.74) is 0.0255. The zero-order valence-corrected chi connectivity index (χ0v) is 12.7. The van der Waals surface area contributed by atoms with Crippen LogP contribution in [0, 0.1) is 5.82 Å². The molecule has 0 unspecified atom stereocenters. The molecule has 0 saturated carbocycles. The molecule has 0 atom stereocenters. The molecule has 0 aliphatic carbocycles. The molecule has 0 aromatic heterocycles. The number of alkyl halides is 2. The molecule has 1 aromatic rings. The Bertz CT molecular complexity index is 531. The Morgan fingerprint density at radius 3 is 2.43 bits per heavy atom. The second-order valence-corrected chi connectivity index (χ2v) is 5.95. The summed E-state index contributed by atoms with van der Waals surface area (Å²) in [5.74, 6) is -1.31. The van der Waals surface area contributed by atoms with Crippen molar-refractivity contribution in [3.05, 3.63) is 35.6 Å². The SMILES string of the molecule is O=C(NC1CCN(C(=O)C(Cl)Cl)CC1)c1ccccc1F. The number of halogens is 3. The molecule has 114 valence electrons. The molecular formula is C14H15Cl2FN2O2. The van der Waals surface area contributed by atoms with Crippen molar-refractivity contribution in [2.24, 2.45) is 0 Å². The maximum absolute atomic E-state index is 13.5. The number of nitrogens with one attached hydrogen (secondary N) is 1. The average molecular weight is 333 g/mol. The van der Waals surface area contributed by atoms with Crippen molar-refractivity contribution < 1.29 is 14.0 Å². The molecule has 1 heterocycles. The minimum atomic E-state index is -1.06. The number of hydrogen-bond donors (Lipinski definition) is 1. The summed E-state index contributed by atoms with van der Waals surface area (Å²) < 4.78 is 13.5. The van der Waals surface area contributed by atoms with Crippen LogP contribution in [0.3, 0.4) is 0 Å². The van der Waals surface area contributed by atoms with Crippen LogP contribution in [-0.2, 0) is 4.79 Å². The highest BCUT2D eigenvalue weighted by Crippen LogP contribution is 2.16. The predicted octanol–water partition coefficient (Wildman–Crippen LogP) is 2.35. The van der Waals surface area contributed by atoms with Gasteiger partial charge in [-0.2, -0.15) is 0 Å². The first-order valence-electron chi connectivity index (χ1n) is 6.61. The lowest BCUT2D eigenvalue weighted by Gasteiger charge is -2.32. The van der Waals surface area contributed by atoms with Gasteiger partial charge < -0.3 is 10.2 Å². The summed E-state index contributed by atoms with van der Waals surface area (Å²) in [4.78, 5) is 24.1. The molecule has 0 radical (unpaired) electrons. The van der Waals surface area contributed by atoms with Gasteiger partial charge in [-0.1, -0.05) is 35.3 Å². The molecule has 21 heavy (non-hydrogen) atoms. The molecule has 1 aliphatic rings. The lowest BCUT2D eigenvalue weighted by Crippen LogP contribution is -2.47. The molecule has 1 aliphatic heterocycles. The van der Waals surface area contributed by atoms with Gasteiger partial charge in [-0.15, -0.1) is 0 Å². The summed E-state index contributed by atoms with van der Waals surface area (Å²) >= 11 is 11.1. The van der Waals surface area contributed by atoms with Gasteiger partial charge in [-0.25, -0.2) is 4.39 Å². The maximum Gasteiger partial charge on any atom is 0.255 e. The molecular weight excluding hydrogens is 318 g/mol. The van der Waals surface area contributed by atoms with E-state index in [1.807, 2.05) is 0 Å². The smallest absolute Gasteiger partial charge is 0.255 e. The van der Waals surface area contributed by atoms with E-state index in [9.17, 15) is 14.0 Å². The highest BCUT2D eigenvalue weighted by atomic mass is 35.5. The fourth-order valence-corrected chi connectivity index (χ4v) is 2.57. The van der Waals surface area contributed by atoms with Gasteiger partial charge in [0.15, 0.2) is 4.84 Å². The first-order valence-corrected chi connectivity index (χ1v) is 7.48. The van der Waals surface area contributed by atoms with Crippen LogP contribution in [-0.4, -0.2) is 40.7 Å². The van der Waals surface area contributed by atoms with Crippen LogP contribution in [0.2, 0.25) is 0 Å². The number of carbonyl (C=O) groups excluding carboxylic acids is 2. The van der Waals surface area contributed by atoms with Gasteiger partial charge in [0.2, 0.25) is 0 Å². The summed E-state index contributed by atoms with van der Waals surface area (Å²) in [6, 6.07) is 5.74. The van der Waals surface area contributed by atoms with Crippen molar-refractivity contribution >= 4 is 35.0 Å². The number of hydrogen-bond acceptors (Lipinski definition) is 2. The van der Waals surface area contributed by atoms with E-state index in [-0.39, 0.29) is 17.5 Å². The maximum atomic E-state index is 13.5. The van der Waals surface area contributed by atoms with Gasteiger partial charge in [0, 0.05) is 19.1 Å². The topological polar surface area (TPSA) is 49.4 Å². The Balaban J connectivity index is 1.88. The third kappa shape index (κ3) is 4.08. The average Bonchev–Trinajstić information content (AvgIpc) is 2.47. The molecule has 1 N–H and O–H groups in total. The fourth-order valence-electron chi connectivity index (χ4n) is 2.29. The quantitative estimate of drug-likeness (QED) is 0.864. The molecule has 0 spiro atoms. The summed E-state index contributed by atoms with van der Waals surface area (Å²) in [6.45, 7) is 0.938. The summed E-state index contributed by atoms with van der Waals surface area (Å²) in [5, 5.41) is 2.78. The number of benzene rings is 1.